The van der Waals surface area contributed by atoms with Gasteiger partial charge in [0.25, 0.3) is 0 Å². The summed E-state index contributed by atoms with van der Waals surface area (Å²) in [5.74, 6) is -0.795. The molecular formula is C14H20N2O5. The number of para-hydroxylation sites is 1. The van der Waals surface area contributed by atoms with Crippen LogP contribution < -0.4 is 10.1 Å². The Hall–Kier alpha value is -2.31. The number of nitro groups is 1. The van der Waals surface area contributed by atoms with Crippen molar-refractivity contribution in [2.24, 2.45) is 5.41 Å². The average Bonchev–Trinajstić information content (AvgIpc) is 2.42. The first-order valence-electron chi connectivity index (χ1n) is 6.67. The van der Waals surface area contributed by atoms with E-state index in [1.807, 2.05) is 6.92 Å². The number of aliphatic carboxylic acids is 1. The van der Waals surface area contributed by atoms with Crippen molar-refractivity contribution in [1.29, 1.82) is 0 Å². The van der Waals surface area contributed by atoms with E-state index >= 15 is 0 Å². The van der Waals surface area contributed by atoms with E-state index in [1.165, 1.54) is 12.1 Å². The van der Waals surface area contributed by atoms with Crippen molar-refractivity contribution < 1.29 is 19.6 Å². The molecule has 0 saturated carbocycles. The van der Waals surface area contributed by atoms with E-state index in [2.05, 4.69) is 5.32 Å². The van der Waals surface area contributed by atoms with E-state index in [1.54, 1.807) is 19.9 Å². The van der Waals surface area contributed by atoms with E-state index in [-0.39, 0.29) is 23.7 Å². The van der Waals surface area contributed by atoms with E-state index in [9.17, 15) is 14.9 Å². The number of carboxylic acid groups (broad SMARTS) is 1. The molecule has 0 heterocycles. The van der Waals surface area contributed by atoms with Crippen molar-refractivity contribution in [3.8, 4) is 5.75 Å². The summed E-state index contributed by atoms with van der Waals surface area (Å²) in [5.41, 5.74) is -0.955. The topological polar surface area (TPSA) is 102 Å². The van der Waals surface area contributed by atoms with Gasteiger partial charge in [-0.2, -0.15) is 0 Å². The Bertz CT molecular complexity index is 528. The Morgan fingerprint density at radius 2 is 2.14 bits per heavy atom. The number of ether oxygens (including phenoxy) is 1. The maximum absolute atomic E-state index is 11.2. The van der Waals surface area contributed by atoms with Crippen molar-refractivity contribution >= 4 is 17.3 Å². The minimum atomic E-state index is -1.03. The van der Waals surface area contributed by atoms with Gasteiger partial charge in [-0.1, -0.05) is 13.0 Å². The summed E-state index contributed by atoms with van der Waals surface area (Å²) in [6.07, 6.45) is 0.737. The van der Waals surface area contributed by atoms with Gasteiger partial charge in [-0.3, -0.25) is 14.9 Å². The lowest BCUT2D eigenvalue weighted by Gasteiger charge is -2.20. The van der Waals surface area contributed by atoms with Crippen LogP contribution in [0.25, 0.3) is 0 Å². The number of carboxylic acids is 1. The second-order valence-corrected chi connectivity index (χ2v) is 5.30. The molecule has 1 rings (SSSR count). The first-order chi connectivity index (χ1) is 9.79. The number of hydrogen-bond donors (Lipinski definition) is 2. The van der Waals surface area contributed by atoms with Crippen LogP contribution in [0.1, 0.15) is 27.2 Å². The minimum Gasteiger partial charge on any atom is -0.487 e. The van der Waals surface area contributed by atoms with Gasteiger partial charge in [0.05, 0.1) is 16.9 Å². The van der Waals surface area contributed by atoms with Crippen molar-refractivity contribution in [2.45, 2.75) is 27.2 Å². The predicted octanol–water partition coefficient (Wildman–Crippen LogP) is 2.91. The molecule has 0 aromatic heterocycles. The number of carbonyl (C=O) groups is 1. The normalized spacial score (nSPS) is 11.0. The standard InChI is InChI=1S/C14H20N2O5/c1-4-8-21-11-7-5-6-10(12(11)16(19)20)15-9-14(2,3)13(17)18/h5-7,15H,4,8-9H2,1-3H3,(H,17,18). The highest BCUT2D eigenvalue weighted by atomic mass is 16.6. The molecule has 2 N–H and O–H groups in total. The summed E-state index contributed by atoms with van der Waals surface area (Å²) in [6, 6.07) is 4.70. The Morgan fingerprint density at radius 1 is 1.48 bits per heavy atom. The molecule has 1 aromatic carbocycles. The molecule has 0 radical (unpaired) electrons. The summed E-state index contributed by atoms with van der Waals surface area (Å²) in [5, 5.41) is 23.1. The third-order valence-electron chi connectivity index (χ3n) is 2.94. The van der Waals surface area contributed by atoms with E-state index in [0.29, 0.717) is 6.61 Å². The number of rotatable bonds is 8. The lowest BCUT2D eigenvalue weighted by atomic mass is 9.94. The summed E-state index contributed by atoms with van der Waals surface area (Å²) in [6.45, 7) is 5.45. The quantitative estimate of drug-likeness (QED) is 0.565. The van der Waals surface area contributed by atoms with Crippen molar-refractivity contribution in [1.82, 2.24) is 0 Å². The first kappa shape index (κ1) is 16.7. The predicted molar refractivity (Wildman–Crippen MR) is 78.8 cm³/mol. The molecule has 0 fully saturated rings. The van der Waals surface area contributed by atoms with Crippen LogP contribution in [0.15, 0.2) is 18.2 Å². The second-order valence-electron chi connectivity index (χ2n) is 5.30. The fourth-order valence-corrected chi connectivity index (χ4v) is 1.57. The Kier molecular flexibility index (Phi) is 5.52. The zero-order chi connectivity index (χ0) is 16.0. The summed E-state index contributed by atoms with van der Waals surface area (Å²) < 4.78 is 5.37. The van der Waals surface area contributed by atoms with E-state index in [0.717, 1.165) is 6.42 Å². The average molecular weight is 296 g/mol. The molecule has 0 aliphatic carbocycles. The van der Waals surface area contributed by atoms with Crippen LogP contribution in [-0.4, -0.2) is 29.2 Å². The highest BCUT2D eigenvalue weighted by Crippen LogP contribution is 2.35. The van der Waals surface area contributed by atoms with Crippen LogP contribution in [0.4, 0.5) is 11.4 Å². The Morgan fingerprint density at radius 3 is 2.67 bits per heavy atom. The Labute approximate surface area is 123 Å². The first-order valence-corrected chi connectivity index (χ1v) is 6.67. The third kappa shape index (κ3) is 4.34. The lowest BCUT2D eigenvalue weighted by molar-refractivity contribution is -0.385. The number of hydrogen-bond acceptors (Lipinski definition) is 5. The van der Waals surface area contributed by atoms with Gasteiger partial charge in [-0.15, -0.1) is 0 Å². The Balaban J connectivity index is 3.01. The number of anilines is 1. The monoisotopic (exact) mass is 296 g/mol. The maximum Gasteiger partial charge on any atom is 0.333 e. The second kappa shape index (κ2) is 6.92. The fraction of sp³-hybridized carbons (Fsp3) is 0.500. The maximum atomic E-state index is 11.2. The molecule has 0 atom stereocenters. The molecule has 0 unspecified atom stereocenters. The molecule has 0 aliphatic heterocycles. The van der Waals surface area contributed by atoms with Gasteiger partial charge in [0, 0.05) is 6.54 Å². The SMILES string of the molecule is CCCOc1cccc(NCC(C)(C)C(=O)O)c1[N+](=O)[O-]. The minimum absolute atomic E-state index is 0.0698. The largest absolute Gasteiger partial charge is 0.487 e. The molecule has 7 nitrogen and oxygen atoms in total. The number of nitro benzene ring substituents is 1. The summed E-state index contributed by atoms with van der Waals surface area (Å²) in [4.78, 5) is 21.8. The van der Waals surface area contributed by atoms with E-state index < -0.39 is 16.3 Å². The molecule has 0 spiro atoms. The molecule has 0 amide bonds. The van der Waals surface area contributed by atoms with Crippen LogP contribution in [0.3, 0.4) is 0 Å². The highest BCUT2D eigenvalue weighted by Gasteiger charge is 2.29. The van der Waals surface area contributed by atoms with Crippen molar-refractivity contribution in [3.05, 3.63) is 28.3 Å². The third-order valence-corrected chi connectivity index (χ3v) is 2.94. The van der Waals surface area contributed by atoms with Crippen LogP contribution >= 0.6 is 0 Å². The number of nitrogens with zero attached hydrogens (tertiary/aromatic N) is 1. The molecule has 1 aromatic rings. The van der Waals surface area contributed by atoms with Gasteiger partial charge in [0.2, 0.25) is 0 Å². The lowest BCUT2D eigenvalue weighted by Crippen LogP contribution is -2.31. The van der Waals surface area contributed by atoms with Gasteiger partial charge >= 0.3 is 11.7 Å². The zero-order valence-corrected chi connectivity index (χ0v) is 12.4. The van der Waals surface area contributed by atoms with Gasteiger partial charge < -0.3 is 15.2 Å². The van der Waals surface area contributed by atoms with Gasteiger partial charge in [0.15, 0.2) is 5.75 Å². The van der Waals surface area contributed by atoms with Crippen LogP contribution in [0.2, 0.25) is 0 Å². The molecule has 0 saturated heterocycles. The van der Waals surface area contributed by atoms with Gasteiger partial charge in [-0.05, 0) is 32.4 Å². The highest BCUT2D eigenvalue weighted by molar-refractivity contribution is 5.75. The summed E-state index contributed by atoms with van der Waals surface area (Å²) >= 11 is 0. The molecule has 7 heteroatoms. The van der Waals surface area contributed by atoms with Crippen LogP contribution in [-0.2, 0) is 4.79 Å². The van der Waals surface area contributed by atoms with Crippen molar-refractivity contribution in [2.75, 3.05) is 18.5 Å². The summed E-state index contributed by atoms with van der Waals surface area (Å²) in [7, 11) is 0. The fourth-order valence-electron chi connectivity index (χ4n) is 1.57. The zero-order valence-electron chi connectivity index (χ0n) is 12.4. The van der Waals surface area contributed by atoms with Crippen LogP contribution in [0, 0.1) is 15.5 Å². The molecule has 21 heavy (non-hydrogen) atoms. The molecule has 116 valence electrons. The van der Waals surface area contributed by atoms with Crippen molar-refractivity contribution in [3.63, 3.8) is 0 Å². The van der Waals surface area contributed by atoms with Gasteiger partial charge in [0.1, 0.15) is 5.69 Å². The smallest absolute Gasteiger partial charge is 0.333 e. The van der Waals surface area contributed by atoms with E-state index in [4.69, 9.17) is 9.84 Å². The number of nitrogens with one attached hydrogen (secondary N) is 1. The molecule has 0 aliphatic rings. The van der Waals surface area contributed by atoms with Gasteiger partial charge in [-0.25, -0.2) is 0 Å². The molecular weight excluding hydrogens is 276 g/mol. The number of benzene rings is 1. The van der Waals surface area contributed by atoms with Crippen LogP contribution in [0.5, 0.6) is 5.75 Å². The molecule has 0 bridgehead atoms.